The fourth-order valence-electron chi connectivity index (χ4n) is 2.38. The van der Waals surface area contributed by atoms with E-state index in [-0.39, 0.29) is 0 Å². The van der Waals surface area contributed by atoms with Crippen molar-refractivity contribution in [1.82, 2.24) is 0 Å². The van der Waals surface area contributed by atoms with E-state index in [0.717, 1.165) is 31.4 Å². The molecule has 0 bridgehead atoms. The third-order valence-electron chi connectivity index (χ3n) is 3.63. The van der Waals surface area contributed by atoms with E-state index in [2.05, 4.69) is 0 Å². The topological polar surface area (TPSA) is 63.3 Å². The number of hydrogen-bond acceptors (Lipinski definition) is 2. The maximum absolute atomic E-state index is 11.0. The van der Waals surface area contributed by atoms with Gasteiger partial charge in [-0.2, -0.15) is 0 Å². The lowest BCUT2D eigenvalue weighted by Gasteiger charge is -2.06. The normalized spacial score (nSPS) is 12.4. The largest absolute Gasteiger partial charge is 0.478 e. The van der Waals surface area contributed by atoms with Crippen molar-refractivity contribution in [3.63, 3.8) is 0 Å². The fraction of sp³-hybridized carbons (Fsp3) is 0.812. The van der Waals surface area contributed by atoms with E-state index >= 15 is 0 Å². The standard InChI is InChI=1S/C16H31NO2/c1-3-15(16(18)19)14(2)12-10-8-6-4-5-7-9-11-13-17/h3-13,17H2,1-2H3,(H,18,19). The minimum Gasteiger partial charge on any atom is -0.478 e. The van der Waals surface area contributed by atoms with Crippen molar-refractivity contribution in [3.8, 4) is 0 Å². The van der Waals surface area contributed by atoms with E-state index in [0.29, 0.717) is 12.0 Å². The Morgan fingerprint density at radius 3 is 1.84 bits per heavy atom. The first-order valence-corrected chi connectivity index (χ1v) is 7.75. The molecular weight excluding hydrogens is 238 g/mol. The van der Waals surface area contributed by atoms with Gasteiger partial charge in [-0.25, -0.2) is 4.79 Å². The summed E-state index contributed by atoms with van der Waals surface area (Å²) in [5, 5.41) is 9.02. The number of unbranched alkanes of at least 4 members (excludes halogenated alkanes) is 7. The van der Waals surface area contributed by atoms with Gasteiger partial charge in [-0.15, -0.1) is 0 Å². The number of nitrogens with two attached hydrogens (primary N) is 1. The van der Waals surface area contributed by atoms with Gasteiger partial charge in [0.2, 0.25) is 0 Å². The second-order valence-corrected chi connectivity index (χ2v) is 5.28. The third-order valence-corrected chi connectivity index (χ3v) is 3.63. The molecule has 0 aliphatic rings. The lowest BCUT2D eigenvalue weighted by atomic mass is 10.0. The Hall–Kier alpha value is -0.830. The van der Waals surface area contributed by atoms with E-state index in [1.165, 1.54) is 38.5 Å². The van der Waals surface area contributed by atoms with E-state index in [1.807, 2.05) is 13.8 Å². The number of carboxylic acid groups (broad SMARTS) is 1. The first-order valence-electron chi connectivity index (χ1n) is 7.75. The summed E-state index contributed by atoms with van der Waals surface area (Å²) in [6, 6.07) is 0. The molecule has 0 amide bonds. The highest BCUT2D eigenvalue weighted by Gasteiger charge is 2.08. The zero-order chi connectivity index (χ0) is 14.5. The minimum absolute atomic E-state index is 0.599. The van der Waals surface area contributed by atoms with Crippen LogP contribution in [0.2, 0.25) is 0 Å². The first kappa shape index (κ1) is 18.2. The van der Waals surface area contributed by atoms with Gasteiger partial charge in [0.05, 0.1) is 0 Å². The van der Waals surface area contributed by atoms with Crippen molar-refractivity contribution in [2.24, 2.45) is 5.73 Å². The SMILES string of the molecule is CCC(C(=O)O)=C(C)CCCCCCCCCCN. The molecule has 19 heavy (non-hydrogen) atoms. The number of carbonyl (C=O) groups is 1. The number of carboxylic acids is 1. The van der Waals surface area contributed by atoms with Crippen molar-refractivity contribution in [3.05, 3.63) is 11.1 Å². The van der Waals surface area contributed by atoms with Gasteiger partial charge in [-0.3, -0.25) is 0 Å². The summed E-state index contributed by atoms with van der Waals surface area (Å²) in [7, 11) is 0. The average Bonchev–Trinajstić information content (AvgIpc) is 2.37. The van der Waals surface area contributed by atoms with Crippen LogP contribution in [-0.4, -0.2) is 17.6 Å². The lowest BCUT2D eigenvalue weighted by molar-refractivity contribution is -0.132. The molecule has 3 heteroatoms. The minimum atomic E-state index is -0.750. The van der Waals surface area contributed by atoms with Crippen molar-refractivity contribution in [1.29, 1.82) is 0 Å². The average molecular weight is 269 g/mol. The molecule has 0 saturated heterocycles. The van der Waals surface area contributed by atoms with Crippen LogP contribution in [0.5, 0.6) is 0 Å². The lowest BCUT2D eigenvalue weighted by Crippen LogP contribution is -2.02. The Labute approximate surface area is 118 Å². The molecule has 0 atom stereocenters. The molecule has 112 valence electrons. The summed E-state index contributed by atoms with van der Waals surface area (Å²) in [6.45, 7) is 4.68. The Morgan fingerprint density at radius 1 is 0.947 bits per heavy atom. The van der Waals surface area contributed by atoms with Crippen molar-refractivity contribution in [2.75, 3.05) is 6.54 Å². The third kappa shape index (κ3) is 9.71. The fourth-order valence-corrected chi connectivity index (χ4v) is 2.38. The second kappa shape index (κ2) is 12.2. The van der Waals surface area contributed by atoms with E-state index < -0.39 is 5.97 Å². The molecule has 3 N–H and O–H groups in total. The molecule has 0 rings (SSSR count). The molecule has 0 fully saturated rings. The van der Waals surface area contributed by atoms with Crippen molar-refractivity contribution >= 4 is 5.97 Å². The van der Waals surface area contributed by atoms with Crippen molar-refractivity contribution in [2.45, 2.75) is 78.1 Å². The Balaban J connectivity index is 3.56. The smallest absolute Gasteiger partial charge is 0.331 e. The molecule has 0 aromatic rings. The summed E-state index contributed by atoms with van der Waals surface area (Å²) in [5.74, 6) is -0.750. The van der Waals surface area contributed by atoms with Gasteiger partial charge in [0.15, 0.2) is 0 Å². The maximum Gasteiger partial charge on any atom is 0.331 e. The monoisotopic (exact) mass is 269 g/mol. The van der Waals surface area contributed by atoms with Gasteiger partial charge in [-0.1, -0.05) is 51.0 Å². The summed E-state index contributed by atoms with van der Waals surface area (Å²) in [6.07, 6.45) is 11.5. The Morgan fingerprint density at radius 2 is 1.42 bits per heavy atom. The van der Waals surface area contributed by atoms with Gasteiger partial charge in [0.25, 0.3) is 0 Å². The van der Waals surface area contributed by atoms with Gasteiger partial charge in [-0.05, 0) is 39.2 Å². The number of hydrogen-bond donors (Lipinski definition) is 2. The summed E-state index contributed by atoms with van der Waals surface area (Å²) >= 11 is 0. The van der Waals surface area contributed by atoms with Crippen LogP contribution in [0.3, 0.4) is 0 Å². The molecule has 0 unspecified atom stereocenters. The van der Waals surface area contributed by atoms with Gasteiger partial charge < -0.3 is 10.8 Å². The molecule has 0 spiro atoms. The van der Waals surface area contributed by atoms with Crippen LogP contribution in [0.4, 0.5) is 0 Å². The van der Waals surface area contributed by atoms with Crippen LogP contribution in [0.1, 0.15) is 78.1 Å². The maximum atomic E-state index is 11.0. The number of allylic oxidation sites excluding steroid dienone is 1. The summed E-state index contributed by atoms with van der Waals surface area (Å²) in [4.78, 5) is 11.0. The number of aliphatic carboxylic acids is 1. The van der Waals surface area contributed by atoms with E-state index in [9.17, 15) is 4.79 Å². The molecule has 0 aromatic carbocycles. The highest BCUT2D eigenvalue weighted by Crippen LogP contribution is 2.17. The second-order valence-electron chi connectivity index (χ2n) is 5.28. The Bertz CT molecular complexity index is 272. The highest BCUT2D eigenvalue weighted by molar-refractivity contribution is 5.87. The van der Waals surface area contributed by atoms with Crippen LogP contribution >= 0.6 is 0 Å². The van der Waals surface area contributed by atoms with Crippen LogP contribution in [0.15, 0.2) is 11.1 Å². The summed E-state index contributed by atoms with van der Waals surface area (Å²) < 4.78 is 0. The first-order chi connectivity index (χ1) is 9.13. The summed E-state index contributed by atoms with van der Waals surface area (Å²) in [5.41, 5.74) is 7.10. The molecule has 3 nitrogen and oxygen atoms in total. The van der Waals surface area contributed by atoms with Gasteiger partial charge >= 0.3 is 5.97 Å². The predicted molar refractivity (Wildman–Crippen MR) is 81.2 cm³/mol. The van der Waals surface area contributed by atoms with Crippen molar-refractivity contribution < 1.29 is 9.90 Å². The Kier molecular flexibility index (Phi) is 11.7. The van der Waals surface area contributed by atoms with Crippen LogP contribution in [0, 0.1) is 0 Å². The molecule has 0 heterocycles. The van der Waals surface area contributed by atoms with E-state index in [1.54, 1.807) is 0 Å². The quantitative estimate of drug-likeness (QED) is 0.411. The molecule has 0 radical (unpaired) electrons. The number of rotatable bonds is 12. The highest BCUT2D eigenvalue weighted by atomic mass is 16.4. The zero-order valence-electron chi connectivity index (χ0n) is 12.7. The van der Waals surface area contributed by atoms with E-state index in [4.69, 9.17) is 10.8 Å². The van der Waals surface area contributed by atoms with Gasteiger partial charge in [0.1, 0.15) is 0 Å². The van der Waals surface area contributed by atoms with Crippen LogP contribution in [0.25, 0.3) is 0 Å². The van der Waals surface area contributed by atoms with Gasteiger partial charge in [0, 0.05) is 5.57 Å². The molecule has 0 aliphatic carbocycles. The zero-order valence-corrected chi connectivity index (χ0v) is 12.7. The molecule has 0 saturated carbocycles. The van der Waals surface area contributed by atoms with Crippen LogP contribution in [-0.2, 0) is 4.79 Å². The predicted octanol–water partition coefficient (Wildman–Crippen LogP) is 4.27. The molecule has 0 aromatic heterocycles. The molecule has 0 aliphatic heterocycles. The van der Waals surface area contributed by atoms with Crippen LogP contribution < -0.4 is 5.73 Å². The molecular formula is C16H31NO2.